The average molecular weight is 329 g/mol. The first-order valence-corrected chi connectivity index (χ1v) is 5.95. The van der Waals surface area contributed by atoms with E-state index in [4.69, 9.17) is 5.73 Å². The molecular weight excluding hydrogens is 318 g/mol. The topological polar surface area (TPSA) is 76.4 Å². The number of halogens is 6. The van der Waals surface area contributed by atoms with E-state index in [1.165, 1.54) is 0 Å². The maximum atomic E-state index is 13.2. The zero-order chi connectivity index (χ0) is 16.5. The van der Waals surface area contributed by atoms with E-state index in [0.29, 0.717) is 4.57 Å². The highest BCUT2D eigenvalue weighted by Crippen LogP contribution is 2.23. The molecule has 22 heavy (non-hydrogen) atoms. The zero-order valence-electron chi connectivity index (χ0n) is 10.9. The first-order chi connectivity index (χ1) is 10.2. The van der Waals surface area contributed by atoms with Crippen molar-refractivity contribution in [3.63, 3.8) is 0 Å². The van der Waals surface area contributed by atoms with E-state index >= 15 is 0 Å². The summed E-state index contributed by atoms with van der Waals surface area (Å²) in [5.41, 5.74) is 4.90. The molecule has 0 fully saturated rings. The van der Waals surface area contributed by atoms with Crippen LogP contribution in [0.3, 0.4) is 0 Å². The van der Waals surface area contributed by atoms with Gasteiger partial charge in [0.1, 0.15) is 12.9 Å². The molecule has 2 heterocycles. The highest BCUT2D eigenvalue weighted by molar-refractivity contribution is 5.29. The Labute approximate surface area is 119 Å². The number of hydrogen-bond donors (Lipinski definition) is 2. The molecule has 2 aromatic rings. The van der Waals surface area contributed by atoms with Gasteiger partial charge >= 0.3 is 6.18 Å². The van der Waals surface area contributed by atoms with E-state index in [1.54, 1.807) is 0 Å². The number of nitrogen functional groups attached to an aromatic ring is 1. The summed E-state index contributed by atoms with van der Waals surface area (Å²) < 4.78 is 77.5. The molecule has 0 aromatic carbocycles. The molecule has 0 amide bonds. The third-order valence-corrected chi connectivity index (χ3v) is 2.79. The van der Waals surface area contributed by atoms with Gasteiger partial charge in [-0.1, -0.05) is 0 Å². The molecule has 3 N–H and O–H groups in total. The van der Waals surface area contributed by atoms with Crippen LogP contribution in [0.4, 0.5) is 32.0 Å². The molecular formula is C10H11F6N6+. The number of rotatable bonds is 5. The molecule has 0 saturated heterocycles. The van der Waals surface area contributed by atoms with Gasteiger partial charge in [0.15, 0.2) is 5.69 Å². The maximum Gasteiger partial charge on any atom is 0.406 e. The lowest BCUT2D eigenvalue weighted by Gasteiger charge is -2.12. The van der Waals surface area contributed by atoms with Crippen molar-refractivity contribution < 1.29 is 31.0 Å². The van der Waals surface area contributed by atoms with Crippen LogP contribution in [0, 0.1) is 5.95 Å². The third-order valence-electron chi connectivity index (χ3n) is 2.79. The summed E-state index contributed by atoms with van der Waals surface area (Å²) in [7, 11) is 0. The monoisotopic (exact) mass is 329 g/mol. The Hall–Kier alpha value is -2.27. The minimum Gasteiger partial charge on any atom is -0.390 e. The molecule has 2 rings (SSSR count). The Morgan fingerprint density at radius 1 is 1.36 bits per heavy atom. The van der Waals surface area contributed by atoms with Crippen LogP contribution >= 0.6 is 0 Å². The van der Waals surface area contributed by atoms with E-state index in [2.05, 4.69) is 15.3 Å². The number of alkyl halides is 5. The second-order valence-corrected chi connectivity index (χ2v) is 4.49. The Morgan fingerprint density at radius 2 is 2.05 bits per heavy atom. The van der Waals surface area contributed by atoms with Gasteiger partial charge < -0.3 is 10.3 Å². The molecule has 12 heteroatoms. The molecule has 6 nitrogen and oxygen atoms in total. The van der Waals surface area contributed by atoms with Crippen LogP contribution in [-0.2, 0) is 6.54 Å². The van der Waals surface area contributed by atoms with Crippen LogP contribution in [0.2, 0.25) is 0 Å². The SMILES string of the molecule is Nc1c[n+]([C@@H](CC(F)F)c2nncn2CC(F)(F)F)[nH]c1F. The van der Waals surface area contributed by atoms with Crippen molar-refractivity contribution in [1.29, 1.82) is 0 Å². The Kier molecular flexibility index (Phi) is 4.28. The van der Waals surface area contributed by atoms with Gasteiger partial charge in [-0.05, 0) is 0 Å². The van der Waals surface area contributed by atoms with E-state index < -0.39 is 37.6 Å². The second-order valence-electron chi connectivity index (χ2n) is 4.49. The van der Waals surface area contributed by atoms with Crippen molar-refractivity contribution in [3.05, 3.63) is 24.3 Å². The fraction of sp³-hybridized carbons (Fsp3) is 0.500. The van der Waals surface area contributed by atoms with E-state index in [0.717, 1.165) is 17.2 Å². The molecule has 0 unspecified atom stereocenters. The molecule has 0 bridgehead atoms. The van der Waals surface area contributed by atoms with Gasteiger partial charge in [0.25, 0.3) is 5.95 Å². The van der Waals surface area contributed by atoms with Gasteiger partial charge in [0.05, 0.1) is 6.42 Å². The Balaban J connectivity index is 2.40. The van der Waals surface area contributed by atoms with Gasteiger partial charge in [-0.25, -0.2) is 8.78 Å². The van der Waals surface area contributed by atoms with Crippen molar-refractivity contribution in [2.75, 3.05) is 5.73 Å². The summed E-state index contributed by atoms with van der Waals surface area (Å²) in [6, 6.07) is -1.38. The Bertz CT molecular complexity index is 613. The number of nitrogens with zero attached hydrogens (tertiary/aromatic N) is 4. The Morgan fingerprint density at radius 3 is 2.55 bits per heavy atom. The molecule has 0 aliphatic heterocycles. The second kappa shape index (κ2) is 5.85. The van der Waals surface area contributed by atoms with Crippen molar-refractivity contribution in [3.8, 4) is 0 Å². The molecule has 0 radical (unpaired) electrons. The van der Waals surface area contributed by atoms with Crippen molar-refractivity contribution in [2.45, 2.75) is 31.6 Å². The first kappa shape index (κ1) is 16.1. The van der Waals surface area contributed by atoms with E-state index in [1.807, 2.05) is 0 Å². The fourth-order valence-electron chi connectivity index (χ4n) is 1.93. The highest BCUT2D eigenvalue weighted by Gasteiger charge is 2.36. The first-order valence-electron chi connectivity index (χ1n) is 5.95. The summed E-state index contributed by atoms with van der Waals surface area (Å²) in [4.78, 5) is 0. The summed E-state index contributed by atoms with van der Waals surface area (Å²) in [5.74, 6) is -1.37. The van der Waals surface area contributed by atoms with Crippen molar-refractivity contribution >= 4 is 5.69 Å². The smallest absolute Gasteiger partial charge is 0.390 e. The average Bonchev–Trinajstić information content (AvgIpc) is 2.92. The van der Waals surface area contributed by atoms with Crippen molar-refractivity contribution in [1.82, 2.24) is 19.9 Å². The standard InChI is InChI=1S/C10H10F6N6/c11-7(12)1-6(22-2-5(17)8(13)20-22)9-19-18-4-21(9)3-10(14,15)16/h2,4,6-7H,1,3,17H2/p+1/t6-/m0/s1. The van der Waals surface area contributed by atoms with Crippen LogP contribution in [0.1, 0.15) is 18.3 Å². The molecule has 0 aliphatic carbocycles. The minimum atomic E-state index is -4.59. The summed E-state index contributed by atoms with van der Waals surface area (Å²) in [6.07, 6.45) is -6.60. The minimum absolute atomic E-state index is 0.360. The van der Waals surface area contributed by atoms with Gasteiger partial charge in [-0.15, -0.1) is 20.0 Å². The van der Waals surface area contributed by atoms with Crippen LogP contribution in [0.15, 0.2) is 12.5 Å². The quantitative estimate of drug-likeness (QED) is 0.643. The van der Waals surface area contributed by atoms with Gasteiger partial charge in [-0.2, -0.15) is 17.6 Å². The summed E-state index contributed by atoms with van der Waals surface area (Å²) in [6.45, 7) is -1.45. The number of aromatic nitrogens is 5. The zero-order valence-corrected chi connectivity index (χ0v) is 10.9. The van der Waals surface area contributed by atoms with E-state index in [-0.39, 0.29) is 11.5 Å². The van der Waals surface area contributed by atoms with Crippen LogP contribution < -0.4 is 10.4 Å². The molecule has 0 spiro atoms. The predicted molar refractivity (Wildman–Crippen MR) is 60.2 cm³/mol. The number of nitrogens with two attached hydrogens (primary N) is 1. The van der Waals surface area contributed by atoms with Crippen LogP contribution in [0.25, 0.3) is 0 Å². The summed E-state index contributed by atoms with van der Waals surface area (Å²) in [5, 5.41) is 8.81. The number of anilines is 1. The molecule has 122 valence electrons. The normalized spacial score (nSPS) is 13.8. The van der Waals surface area contributed by atoms with Gasteiger partial charge in [-0.3, -0.25) is 0 Å². The number of H-pyrrole nitrogens is 1. The lowest BCUT2D eigenvalue weighted by atomic mass is 10.2. The van der Waals surface area contributed by atoms with Gasteiger partial charge in [0.2, 0.25) is 24.5 Å². The highest BCUT2D eigenvalue weighted by atomic mass is 19.4. The molecule has 0 saturated carbocycles. The number of hydrogen-bond acceptors (Lipinski definition) is 3. The van der Waals surface area contributed by atoms with E-state index in [9.17, 15) is 26.3 Å². The fourth-order valence-corrected chi connectivity index (χ4v) is 1.93. The lowest BCUT2D eigenvalue weighted by Crippen LogP contribution is -2.44. The van der Waals surface area contributed by atoms with Crippen LogP contribution in [-0.4, -0.2) is 32.5 Å². The predicted octanol–water partition coefficient (Wildman–Crippen LogP) is 1.42. The van der Waals surface area contributed by atoms with Gasteiger partial charge in [0, 0.05) is 0 Å². The number of aromatic amines is 1. The molecule has 0 aliphatic rings. The largest absolute Gasteiger partial charge is 0.406 e. The van der Waals surface area contributed by atoms with Crippen molar-refractivity contribution in [2.24, 2.45) is 0 Å². The molecule has 2 aromatic heterocycles. The van der Waals surface area contributed by atoms with Crippen LogP contribution in [0.5, 0.6) is 0 Å². The summed E-state index contributed by atoms with van der Waals surface area (Å²) >= 11 is 0. The third kappa shape index (κ3) is 3.68. The number of nitrogens with one attached hydrogen (secondary N) is 1. The maximum absolute atomic E-state index is 13.2. The molecule has 1 atom stereocenters. The lowest BCUT2D eigenvalue weighted by molar-refractivity contribution is -0.769.